The second-order valence-corrected chi connectivity index (χ2v) is 18.0. The van der Waals surface area contributed by atoms with Crippen molar-refractivity contribution in [2.75, 3.05) is 26.2 Å². The number of halogens is 2. The Morgan fingerprint density at radius 3 is 1.46 bits per heavy atom. The summed E-state index contributed by atoms with van der Waals surface area (Å²) in [7, 11) is 0. The third-order valence-corrected chi connectivity index (χ3v) is 13.0. The van der Waals surface area contributed by atoms with Gasteiger partial charge < -0.3 is 24.1 Å². The van der Waals surface area contributed by atoms with Crippen molar-refractivity contribution in [1.29, 1.82) is 10.5 Å². The smallest absolute Gasteiger partial charge is 0.309 e. The molecule has 0 unspecified atom stereocenters. The summed E-state index contributed by atoms with van der Waals surface area (Å²) in [6, 6.07) is 27.1. The molecule has 68 heavy (non-hydrogen) atoms. The molecule has 0 spiro atoms. The molecule has 4 aromatic carbocycles. The Morgan fingerprint density at radius 2 is 1.04 bits per heavy atom. The van der Waals surface area contributed by atoms with Crippen molar-refractivity contribution < 1.29 is 33.6 Å². The molecule has 4 heterocycles. The molecule has 2 fully saturated rings. The van der Waals surface area contributed by atoms with Crippen LogP contribution in [0.15, 0.2) is 97.6 Å². The van der Waals surface area contributed by atoms with Crippen LogP contribution < -0.4 is 18.9 Å². The number of likely N-dealkylation sites (tertiary alicyclic amines) is 2. The van der Waals surface area contributed by atoms with Gasteiger partial charge >= 0.3 is 5.97 Å². The highest BCUT2D eigenvalue weighted by molar-refractivity contribution is 6.32. The number of rotatable bonds is 19. The van der Waals surface area contributed by atoms with Crippen LogP contribution in [-0.2, 0) is 49.1 Å². The van der Waals surface area contributed by atoms with E-state index in [1.807, 2.05) is 35.2 Å². The third-order valence-electron chi connectivity index (χ3n) is 12.4. The predicted molar refractivity (Wildman–Crippen MR) is 255 cm³/mol. The molecular weight excluding hydrogens is 904 g/mol. The van der Waals surface area contributed by atoms with Gasteiger partial charge in [-0.05, 0) is 78.4 Å². The first-order chi connectivity index (χ1) is 32.8. The summed E-state index contributed by atoms with van der Waals surface area (Å²) >= 11 is 13.7. The molecule has 1 N–H and O–H groups in total. The van der Waals surface area contributed by atoms with E-state index in [1.54, 1.807) is 49.6 Å². The quantitative estimate of drug-likeness (QED) is 0.0815. The number of carboxylic acid groups (broad SMARTS) is 1. The number of ketones is 1. The number of benzene rings is 4. The van der Waals surface area contributed by atoms with Crippen LogP contribution in [-0.4, -0.2) is 62.8 Å². The van der Waals surface area contributed by atoms with Crippen molar-refractivity contribution in [3.63, 3.8) is 0 Å². The van der Waals surface area contributed by atoms with Gasteiger partial charge in [0.2, 0.25) is 0 Å². The number of ether oxygens (including phenoxy) is 4. The summed E-state index contributed by atoms with van der Waals surface area (Å²) in [5, 5.41) is 29.0. The third kappa shape index (κ3) is 11.2. The molecule has 0 aliphatic carbocycles. The minimum Gasteiger partial charge on any atom is -0.488 e. The predicted octanol–water partition coefficient (Wildman–Crippen LogP) is 9.66. The average Bonchev–Trinajstić information content (AvgIpc) is 3.30. The van der Waals surface area contributed by atoms with Crippen LogP contribution in [0, 0.1) is 48.3 Å². The average molecular weight is 952 g/mol. The van der Waals surface area contributed by atoms with E-state index in [0.29, 0.717) is 83.4 Å². The number of nitrogens with zero attached hydrogens (tertiary/aromatic N) is 6. The minimum absolute atomic E-state index is 0.0263. The Balaban J connectivity index is 0.979. The zero-order valence-corrected chi connectivity index (χ0v) is 39.3. The molecule has 0 bridgehead atoms. The molecule has 0 atom stereocenters. The summed E-state index contributed by atoms with van der Waals surface area (Å²) in [4.78, 5) is 35.9. The fraction of sp³-hybridized carbons (Fsp3) is 0.283. The first kappa shape index (κ1) is 47.5. The van der Waals surface area contributed by atoms with E-state index >= 15 is 0 Å². The van der Waals surface area contributed by atoms with Gasteiger partial charge in [-0.1, -0.05) is 59.6 Å². The van der Waals surface area contributed by atoms with Crippen LogP contribution >= 0.6 is 23.2 Å². The van der Waals surface area contributed by atoms with E-state index in [9.17, 15) is 25.2 Å². The van der Waals surface area contributed by atoms with Crippen LogP contribution in [0.3, 0.4) is 0 Å². The number of nitriles is 2. The van der Waals surface area contributed by atoms with Crippen LogP contribution in [0.4, 0.5) is 0 Å². The SMILES string of the molecule is CC(=O)C1CN(Cc2cc(Cl)c(OCc3cccc(-c4cccc(COc5cc(OCc6cncc(C#N)c6)c(CN6CC(C(=O)O)C6)cc5Cl)c4C)c3C)cc2OCc2cncc(C#N)c2)C1. The molecule has 0 saturated carbocycles. The van der Waals surface area contributed by atoms with Gasteiger partial charge in [-0.3, -0.25) is 29.4 Å². The van der Waals surface area contributed by atoms with Gasteiger partial charge in [-0.2, -0.15) is 10.5 Å². The van der Waals surface area contributed by atoms with Gasteiger partial charge in [0.05, 0.1) is 27.1 Å². The molecule has 6 aromatic rings. The zero-order valence-electron chi connectivity index (χ0n) is 37.8. The van der Waals surface area contributed by atoms with Crippen molar-refractivity contribution in [1.82, 2.24) is 19.8 Å². The lowest BCUT2D eigenvalue weighted by atomic mass is 9.92. The Morgan fingerprint density at radius 1 is 0.618 bits per heavy atom. The molecule has 2 aliphatic rings. The van der Waals surface area contributed by atoms with Crippen molar-refractivity contribution in [3.05, 3.63) is 163 Å². The van der Waals surface area contributed by atoms with Gasteiger partial charge in [0.15, 0.2) is 0 Å². The van der Waals surface area contributed by atoms with Crippen LogP contribution in [0.1, 0.15) is 62.6 Å². The van der Waals surface area contributed by atoms with Crippen LogP contribution in [0.5, 0.6) is 23.0 Å². The Hall–Kier alpha value is -7.00. The Labute approximate surface area is 405 Å². The molecule has 15 heteroatoms. The molecule has 13 nitrogen and oxygen atoms in total. The first-order valence-electron chi connectivity index (χ1n) is 22.0. The zero-order chi connectivity index (χ0) is 47.9. The van der Waals surface area contributed by atoms with Crippen molar-refractivity contribution in [2.24, 2.45) is 11.8 Å². The largest absolute Gasteiger partial charge is 0.488 e. The summed E-state index contributed by atoms with van der Waals surface area (Å²) in [6.07, 6.45) is 6.30. The number of aromatic nitrogens is 2. The summed E-state index contributed by atoms with van der Waals surface area (Å²) in [5.41, 5.74) is 10.0. The minimum atomic E-state index is -0.815. The van der Waals surface area contributed by atoms with Gasteiger partial charge in [0, 0.05) is 104 Å². The number of aliphatic carboxylic acids is 1. The Kier molecular flexibility index (Phi) is 14.9. The van der Waals surface area contributed by atoms with Gasteiger partial charge in [0.1, 0.15) is 67.3 Å². The highest BCUT2D eigenvalue weighted by atomic mass is 35.5. The van der Waals surface area contributed by atoms with Gasteiger partial charge in [0.25, 0.3) is 0 Å². The topological polar surface area (TPSA) is 171 Å². The second kappa shape index (κ2) is 21.3. The summed E-state index contributed by atoms with van der Waals surface area (Å²) in [6.45, 7) is 9.71. The van der Waals surface area contributed by atoms with Crippen LogP contribution in [0.2, 0.25) is 10.0 Å². The Bertz CT molecular complexity index is 2760. The monoisotopic (exact) mass is 950 g/mol. The van der Waals surface area contributed by atoms with E-state index in [4.69, 9.17) is 42.1 Å². The van der Waals surface area contributed by atoms with Gasteiger partial charge in [-0.15, -0.1) is 0 Å². The molecule has 2 aliphatic heterocycles. The van der Waals surface area contributed by atoms with Crippen LogP contribution in [0.25, 0.3) is 11.1 Å². The highest BCUT2D eigenvalue weighted by Crippen LogP contribution is 2.39. The molecule has 2 saturated heterocycles. The lowest BCUT2D eigenvalue weighted by Crippen LogP contribution is -2.49. The lowest BCUT2D eigenvalue weighted by Gasteiger charge is -2.38. The van der Waals surface area contributed by atoms with Gasteiger partial charge in [-0.25, -0.2) is 0 Å². The van der Waals surface area contributed by atoms with Crippen molar-refractivity contribution in [3.8, 4) is 46.3 Å². The van der Waals surface area contributed by atoms with E-state index in [0.717, 1.165) is 55.6 Å². The number of hydrogen-bond acceptors (Lipinski definition) is 12. The highest BCUT2D eigenvalue weighted by Gasteiger charge is 2.33. The molecule has 2 aromatic heterocycles. The standard InChI is InChI=1S/C53H48Cl2N6O7/c1-32-39(30-67-51-14-49(65-28-37-10-35(16-56)18-58-20-37)41(12-47(51)54)22-60-24-43(25-60)34(3)62)6-4-8-45(32)46-9-5-7-40(33(46)2)31-68-52-15-50(66-29-38-11-36(17-57)19-59-21-38)42(13-48(52)55)23-61-26-44(27-61)53(63)64/h4-15,18-21,43-44H,22-31H2,1-3H3,(H,63,64). The number of carboxylic acids is 1. The number of hydrogen-bond donors (Lipinski definition) is 1. The fourth-order valence-corrected chi connectivity index (χ4v) is 8.82. The summed E-state index contributed by atoms with van der Waals surface area (Å²) in [5.74, 6) is 0.975. The first-order valence-corrected chi connectivity index (χ1v) is 22.8. The number of carbonyl (C=O) groups excluding carboxylic acids is 1. The molecule has 8 rings (SSSR count). The number of carbonyl (C=O) groups is 2. The molecule has 0 radical (unpaired) electrons. The van der Waals surface area contributed by atoms with Crippen molar-refractivity contribution in [2.45, 2.75) is 60.3 Å². The van der Waals surface area contributed by atoms with Crippen molar-refractivity contribution >= 4 is 35.0 Å². The van der Waals surface area contributed by atoms with E-state index < -0.39 is 11.9 Å². The number of pyridine rings is 2. The van der Waals surface area contributed by atoms with E-state index in [1.165, 1.54) is 12.4 Å². The molecule has 0 amide bonds. The lowest BCUT2D eigenvalue weighted by molar-refractivity contribution is -0.147. The summed E-state index contributed by atoms with van der Waals surface area (Å²) < 4.78 is 25.5. The maximum atomic E-state index is 11.9. The maximum Gasteiger partial charge on any atom is 0.309 e. The second-order valence-electron chi connectivity index (χ2n) is 17.2. The van der Waals surface area contributed by atoms with E-state index in [-0.39, 0.29) is 38.1 Å². The number of Topliss-reactive ketones (excluding diaryl/α,β-unsaturated/α-hetero) is 1. The fourth-order valence-electron chi connectivity index (χ4n) is 8.33. The normalized spacial score (nSPS) is 14.0. The maximum absolute atomic E-state index is 11.9. The molecule has 346 valence electrons. The molecular formula is C53H48Cl2N6O7. The van der Waals surface area contributed by atoms with E-state index in [2.05, 4.69) is 53.0 Å².